The van der Waals surface area contributed by atoms with Gasteiger partial charge in [0.1, 0.15) is 5.69 Å². The van der Waals surface area contributed by atoms with E-state index in [1.807, 2.05) is 96.0 Å². The second-order valence-electron chi connectivity index (χ2n) is 7.55. The quantitative estimate of drug-likeness (QED) is 0.380. The minimum atomic E-state index is -0.174. The highest BCUT2D eigenvalue weighted by Gasteiger charge is 2.16. The number of thiazole rings is 1. The topological polar surface area (TPSA) is 65.1 Å². The Morgan fingerprint density at radius 1 is 0.939 bits per heavy atom. The first-order valence-electron chi connectivity index (χ1n) is 10.3. The number of aryl methyl sites for hydroxylation is 1. The Bertz CT molecular complexity index is 1700. The third-order valence-corrected chi connectivity index (χ3v) is 7.21. The van der Waals surface area contributed by atoms with Crippen LogP contribution in [0.3, 0.4) is 0 Å². The van der Waals surface area contributed by atoms with E-state index >= 15 is 0 Å². The summed E-state index contributed by atoms with van der Waals surface area (Å²) in [4.78, 5) is 19.4. The standard InChI is InChI=1S/C25H17N5OS2/c1-16-8-5-6-11-19(16)23-26-25-30(28-23)24(31)21(33-25)14-17-15-29(18-9-3-2-4-10-18)27-22(17)20-12-7-13-32-20/h2-15H,1H3/b21-14-. The molecular formula is C25H17N5OS2. The number of benzene rings is 2. The molecule has 4 heterocycles. The van der Waals surface area contributed by atoms with E-state index in [-0.39, 0.29) is 5.56 Å². The summed E-state index contributed by atoms with van der Waals surface area (Å²) in [6.07, 6.45) is 3.84. The van der Waals surface area contributed by atoms with Gasteiger partial charge in [0, 0.05) is 17.3 Å². The van der Waals surface area contributed by atoms with Crippen LogP contribution < -0.4 is 10.1 Å². The number of aromatic nitrogens is 5. The summed E-state index contributed by atoms with van der Waals surface area (Å²) >= 11 is 2.96. The molecule has 0 aliphatic rings. The van der Waals surface area contributed by atoms with Crippen molar-refractivity contribution in [2.75, 3.05) is 0 Å². The van der Waals surface area contributed by atoms with Gasteiger partial charge in [0.15, 0.2) is 5.82 Å². The SMILES string of the molecule is Cc1ccccc1-c1nc2s/c(=C\c3cn(-c4ccccc4)nc3-c3cccs3)c(=O)n2n1. The summed E-state index contributed by atoms with van der Waals surface area (Å²) < 4.78 is 3.82. The lowest BCUT2D eigenvalue weighted by atomic mass is 10.1. The van der Waals surface area contributed by atoms with Crippen LogP contribution in [0.15, 0.2) is 83.1 Å². The molecule has 160 valence electrons. The largest absolute Gasteiger partial charge is 0.291 e. The predicted molar refractivity (Wildman–Crippen MR) is 133 cm³/mol. The van der Waals surface area contributed by atoms with Crippen molar-refractivity contribution in [1.29, 1.82) is 0 Å². The lowest BCUT2D eigenvalue weighted by Gasteiger charge is -1.99. The molecule has 4 aromatic heterocycles. The average molecular weight is 468 g/mol. The Morgan fingerprint density at radius 3 is 2.52 bits per heavy atom. The molecular weight excluding hydrogens is 450 g/mol. The van der Waals surface area contributed by atoms with Crippen LogP contribution in [0, 0.1) is 6.92 Å². The Labute approximate surface area is 196 Å². The summed E-state index contributed by atoms with van der Waals surface area (Å²) in [7, 11) is 0. The van der Waals surface area contributed by atoms with E-state index in [2.05, 4.69) is 10.1 Å². The fraction of sp³-hybridized carbons (Fsp3) is 0.0400. The molecule has 0 spiro atoms. The van der Waals surface area contributed by atoms with E-state index in [1.165, 1.54) is 15.9 Å². The zero-order chi connectivity index (χ0) is 22.4. The van der Waals surface area contributed by atoms with Crippen molar-refractivity contribution in [2.45, 2.75) is 6.92 Å². The first kappa shape index (κ1) is 19.8. The Kier molecular flexibility index (Phi) is 4.74. The molecule has 6 nitrogen and oxygen atoms in total. The zero-order valence-corrected chi connectivity index (χ0v) is 19.2. The maximum Gasteiger partial charge on any atom is 0.291 e. The van der Waals surface area contributed by atoms with Gasteiger partial charge in [-0.25, -0.2) is 4.68 Å². The summed E-state index contributed by atoms with van der Waals surface area (Å²) in [6.45, 7) is 2.01. The highest BCUT2D eigenvalue weighted by Crippen LogP contribution is 2.28. The zero-order valence-electron chi connectivity index (χ0n) is 17.5. The van der Waals surface area contributed by atoms with Gasteiger partial charge in [-0.15, -0.1) is 16.4 Å². The van der Waals surface area contributed by atoms with Gasteiger partial charge in [-0.05, 0) is 42.1 Å². The maximum absolute atomic E-state index is 13.2. The monoisotopic (exact) mass is 467 g/mol. The molecule has 6 aromatic rings. The van der Waals surface area contributed by atoms with Gasteiger partial charge < -0.3 is 0 Å². The molecule has 0 saturated carbocycles. The van der Waals surface area contributed by atoms with Gasteiger partial charge in [0.2, 0.25) is 4.96 Å². The molecule has 0 fully saturated rings. The maximum atomic E-state index is 13.2. The second kappa shape index (κ2) is 7.91. The van der Waals surface area contributed by atoms with E-state index in [0.29, 0.717) is 15.3 Å². The highest BCUT2D eigenvalue weighted by atomic mass is 32.1. The first-order chi connectivity index (χ1) is 16.2. The molecule has 0 amide bonds. The van der Waals surface area contributed by atoms with Crippen molar-refractivity contribution in [3.8, 4) is 27.6 Å². The molecule has 8 heteroatoms. The molecule has 0 atom stereocenters. The number of para-hydroxylation sites is 1. The molecule has 0 aliphatic carbocycles. The van der Waals surface area contributed by atoms with Gasteiger partial charge in [-0.2, -0.15) is 14.6 Å². The van der Waals surface area contributed by atoms with Crippen molar-refractivity contribution >= 4 is 33.7 Å². The van der Waals surface area contributed by atoms with Gasteiger partial charge in [-0.1, -0.05) is 59.9 Å². The number of thiophene rings is 1. The third-order valence-electron chi connectivity index (χ3n) is 5.37. The summed E-state index contributed by atoms with van der Waals surface area (Å²) in [5.74, 6) is 0.569. The summed E-state index contributed by atoms with van der Waals surface area (Å²) in [5, 5.41) is 11.3. The molecule has 0 saturated heterocycles. The van der Waals surface area contributed by atoms with Crippen molar-refractivity contribution in [3.05, 3.63) is 104 Å². The van der Waals surface area contributed by atoms with Crippen LogP contribution in [0.5, 0.6) is 0 Å². The molecule has 33 heavy (non-hydrogen) atoms. The van der Waals surface area contributed by atoms with E-state index in [1.54, 1.807) is 11.3 Å². The number of nitrogens with zero attached hydrogens (tertiary/aromatic N) is 5. The molecule has 0 unspecified atom stereocenters. The predicted octanol–water partition coefficient (Wildman–Crippen LogP) is 4.59. The van der Waals surface area contributed by atoms with Crippen LogP contribution in [-0.4, -0.2) is 24.4 Å². The normalized spacial score (nSPS) is 12.1. The minimum absolute atomic E-state index is 0.174. The number of hydrogen-bond acceptors (Lipinski definition) is 6. The van der Waals surface area contributed by atoms with Gasteiger partial charge >= 0.3 is 0 Å². The van der Waals surface area contributed by atoms with Gasteiger partial charge in [0.05, 0.1) is 15.1 Å². The molecule has 2 aromatic carbocycles. The molecule has 0 N–H and O–H groups in total. The lowest BCUT2D eigenvalue weighted by molar-refractivity contribution is 0.885. The molecule has 0 radical (unpaired) electrons. The van der Waals surface area contributed by atoms with E-state index in [9.17, 15) is 4.79 Å². The Balaban J connectivity index is 1.49. The van der Waals surface area contributed by atoms with E-state index in [4.69, 9.17) is 5.10 Å². The summed E-state index contributed by atoms with van der Waals surface area (Å²) in [5.41, 5.74) is 4.51. The van der Waals surface area contributed by atoms with Crippen molar-refractivity contribution in [1.82, 2.24) is 24.4 Å². The van der Waals surface area contributed by atoms with Crippen LogP contribution in [-0.2, 0) is 0 Å². The first-order valence-corrected chi connectivity index (χ1v) is 12.0. The Hall–Kier alpha value is -3.88. The molecule has 6 rings (SSSR count). The third kappa shape index (κ3) is 3.49. The average Bonchev–Trinajstić information content (AvgIpc) is 3.62. The number of fused-ring (bicyclic) bond motifs is 1. The van der Waals surface area contributed by atoms with Crippen LogP contribution in [0.4, 0.5) is 0 Å². The second-order valence-corrected chi connectivity index (χ2v) is 9.51. The van der Waals surface area contributed by atoms with Crippen LogP contribution in [0.1, 0.15) is 11.1 Å². The smallest absolute Gasteiger partial charge is 0.266 e. The Morgan fingerprint density at radius 2 is 1.76 bits per heavy atom. The highest BCUT2D eigenvalue weighted by molar-refractivity contribution is 7.15. The van der Waals surface area contributed by atoms with Crippen molar-refractivity contribution in [2.24, 2.45) is 0 Å². The van der Waals surface area contributed by atoms with Crippen molar-refractivity contribution < 1.29 is 0 Å². The van der Waals surface area contributed by atoms with Gasteiger partial charge in [-0.3, -0.25) is 4.79 Å². The van der Waals surface area contributed by atoms with Crippen LogP contribution in [0.2, 0.25) is 0 Å². The van der Waals surface area contributed by atoms with E-state index < -0.39 is 0 Å². The number of hydrogen-bond donors (Lipinski definition) is 0. The fourth-order valence-corrected chi connectivity index (χ4v) is 5.35. The van der Waals surface area contributed by atoms with Crippen molar-refractivity contribution in [3.63, 3.8) is 0 Å². The molecule has 0 aliphatic heterocycles. The fourth-order valence-electron chi connectivity index (χ4n) is 3.72. The van der Waals surface area contributed by atoms with Crippen LogP contribution >= 0.6 is 22.7 Å². The minimum Gasteiger partial charge on any atom is -0.266 e. The van der Waals surface area contributed by atoms with Crippen LogP contribution in [0.25, 0.3) is 38.7 Å². The molecule has 0 bridgehead atoms. The summed E-state index contributed by atoms with van der Waals surface area (Å²) in [6, 6.07) is 21.9. The lowest BCUT2D eigenvalue weighted by Crippen LogP contribution is -2.23. The number of rotatable bonds is 4. The van der Waals surface area contributed by atoms with E-state index in [0.717, 1.165) is 32.9 Å². The van der Waals surface area contributed by atoms with Gasteiger partial charge in [0.25, 0.3) is 5.56 Å².